The first-order valence-corrected chi connectivity index (χ1v) is 5.58. The normalized spacial score (nSPS) is 13.6. The van der Waals surface area contributed by atoms with Crippen molar-refractivity contribution in [3.8, 4) is 6.07 Å². The van der Waals surface area contributed by atoms with Gasteiger partial charge in [0.05, 0.1) is 12.5 Å². The highest BCUT2D eigenvalue weighted by atomic mass is 32.2. The molecule has 2 N–H and O–H groups in total. The molecule has 0 saturated carbocycles. The quantitative estimate of drug-likeness (QED) is 0.585. The van der Waals surface area contributed by atoms with Crippen molar-refractivity contribution in [2.45, 2.75) is 18.6 Å². The first-order valence-electron chi connectivity index (χ1n) is 4.20. The molecular weight excluding hydrogens is 220 g/mol. The van der Waals surface area contributed by atoms with Crippen LogP contribution in [0.5, 0.6) is 0 Å². The van der Waals surface area contributed by atoms with Crippen molar-refractivity contribution in [3.05, 3.63) is 0 Å². The molecule has 7 heteroatoms. The average Bonchev–Trinajstić information content (AvgIpc) is 2.13. The fraction of sp³-hybridized carbons (Fsp3) is 0.625. The molecule has 0 aromatic carbocycles. The summed E-state index contributed by atoms with van der Waals surface area (Å²) in [5.74, 6) is -1.82. The minimum Gasteiger partial charge on any atom is -0.481 e. The van der Waals surface area contributed by atoms with E-state index in [9.17, 15) is 13.8 Å². The summed E-state index contributed by atoms with van der Waals surface area (Å²) in [5, 5.41) is 18.2. The fourth-order valence-corrected chi connectivity index (χ4v) is 1.77. The zero-order valence-electron chi connectivity index (χ0n) is 8.23. The van der Waals surface area contributed by atoms with E-state index in [1.54, 1.807) is 6.07 Å². The standard InChI is InChI=1S/C8H12N2O4S/c1-6(4-8(12)13)15(14)5-7(11)10-3-2-9/h6H,3-5H2,1H3,(H,10,11)(H,12,13). The Balaban J connectivity index is 3.97. The Labute approximate surface area is 89.7 Å². The lowest BCUT2D eigenvalue weighted by Crippen LogP contribution is -2.31. The third-order valence-electron chi connectivity index (χ3n) is 1.55. The van der Waals surface area contributed by atoms with Gasteiger partial charge in [0.25, 0.3) is 0 Å². The van der Waals surface area contributed by atoms with Crippen molar-refractivity contribution in [2.24, 2.45) is 0 Å². The van der Waals surface area contributed by atoms with Gasteiger partial charge < -0.3 is 10.4 Å². The Bertz CT molecular complexity index is 310. The van der Waals surface area contributed by atoms with Crippen molar-refractivity contribution < 1.29 is 18.9 Å². The van der Waals surface area contributed by atoms with E-state index in [2.05, 4.69) is 5.32 Å². The van der Waals surface area contributed by atoms with Crippen molar-refractivity contribution in [1.82, 2.24) is 5.32 Å². The molecule has 84 valence electrons. The lowest BCUT2D eigenvalue weighted by atomic mass is 10.3. The highest BCUT2D eigenvalue weighted by molar-refractivity contribution is 7.86. The predicted molar refractivity (Wildman–Crippen MR) is 53.3 cm³/mol. The molecular formula is C8H12N2O4S. The minimum absolute atomic E-state index is 0.136. The number of carbonyl (C=O) groups is 2. The van der Waals surface area contributed by atoms with Gasteiger partial charge in [-0.05, 0) is 0 Å². The van der Waals surface area contributed by atoms with Crippen LogP contribution in [0.3, 0.4) is 0 Å². The molecule has 0 heterocycles. The summed E-state index contributed by atoms with van der Waals surface area (Å²) in [6, 6.07) is 1.71. The van der Waals surface area contributed by atoms with Gasteiger partial charge in [0, 0.05) is 16.0 Å². The Morgan fingerprint density at radius 3 is 2.67 bits per heavy atom. The molecule has 0 bridgehead atoms. The first kappa shape index (κ1) is 13.6. The van der Waals surface area contributed by atoms with Crippen molar-refractivity contribution in [3.63, 3.8) is 0 Å². The molecule has 0 radical (unpaired) electrons. The number of carboxylic acid groups (broad SMARTS) is 1. The minimum atomic E-state index is -1.52. The van der Waals surface area contributed by atoms with Crippen LogP contribution in [-0.4, -0.2) is 38.7 Å². The SMILES string of the molecule is CC(CC(=O)O)S(=O)CC(=O)NCC#N. The molecule has 0 aromatic heterocycles. The number of nitrogens with one attached hydrogen (secondary N) is 1. The lowest BCUT2D eigenvalue weighted by Gasteiger charge is -2.07. The monoisotopic (exact) mass is 232 g/mol. The Morgan fingerprint density at radius 2 is 2.20 bits per heavy atom. The smallest absolute Gasteiger partial charge is 0.304 e. The Morgan fingerprint density at radius 1 is 1.60 bits per heavy atom. The number of hydrogen-bond acceptors (Lipinski definition) is 4. The van der Waals surface area contributed by atoms with Crippen LogP contribution in [0.25, 0.3) is 0 Å². The van der Waals surface area contributed by atoms with Crippen LogP contribution in [0, 0.1) is 11.3 Å². The van der Waals surface area contributed by atoms with Crippen molar-refractivity contribution in [2.75, 3.05) is 12.3 Å². The van der Waals surface area contributed by atoms with Crippen LogP contribution in [0.2, 0.25) is 0 Å². The Kier molecular flexibility index (Phi) is 6.29. The first-order chi connectivity index (χ1) is 6.97. The second-order valence-corrected chi connectivity index (χ2v) is 4.72. The van der Waals surface area contributed by atoms with E-state index >= 15 is 0 Å². The summed E-state index contributed by atoms with van der Waals surface area (Å²) >= 11 is 0. The van der Waals surface area contributed by atoms with Crippen LogP contribution >= 0.6 is 0 Å². The van der Waals surface area contributed by atoms with Gasteiger partial charge in [-0.15, -0.1) is 0 Å². The van der Waals surface area contributed by atoms with Crippen LogP contribution in [0.1, 0.15) is 13.3 Å². The summed E-state index contributed by atoms with van der Waals surface area (Å²) in [4.78, 5) is 21.3. The third kappa shape index (κ3) is 6.62. The number of amides is 1. The molecule has 0 saturated heterocycles. The van der Waals surface area contributed by atoms with Crippen LogP contribution in [-0.2, 0) is 20.4 Å². The van der Waals surface area contributed by atoms with E-state index in [-0.39, 0.29) is 18.7 Å². The highest BCUT2D eigenvalue weighted by Crippen LogP contribution is 2.01. The van der Waals surface area contributed by atoms with Crippen LogP contribution < -0.4 is 5.32 Å². The predicted octanol–water partition coefficient (Wildman–Crippen LogP) is -0.762. The third-order valence-corrected chi connectivity index (χ3v) is 3.16. The van der Waals surface area contributed by atoms with Gasteiger partial charge in [0.2, 0.25) is 5.91 Å². The van der Waals surface area contributed by atoms with Crippen LogP contribution in [0.15, 0.2) is 0 Å². The number of hydrogen-bond donors (Lipinski definition) is 2. The Hall–Kier alpha value is -1.42. The molecule has 1 amide bonds. The van der Waals surface area contributed by atoms with Gasteiger partial charge in [-0.1, -0.05) is 6.92 Å². The van der Waals surface area contributed by atoms with E-state index < -0.39 is 27.9 Å². The summed E-state index contributed by atoms with van der Waals surface area (Å²) in [5.41, 5.74) is 0. The van der Waals surface area contributed by atoms with Gasteiger partial charge in [-0.2, -0.15) is 5.26 Å². The number of aliphatic carboxylic acids is 1. The average molecular weight is 232 g/mol. The molecule has 0 aliphatic heterocycles. The van der Waals surface area contributed by atoms with Crippen molar-refractivity contribution in [1.29, 1.82) is 5.26 Å². The molecule has 0 aliphatic rings. The molecule has 0 rings (SSSR count). The zero-order chi connectivity index (χ0) is 11.8. The van der Waals surface area contributed by atoms with E-state index in [1.165, 1.54) is 6.92 Å². The highest BCUT2D eigenvalue weighted by Gasteiger charge is 2.17. The number of carboxylic acids is 1. The van der Waals surface area contributed by atoms with Gasteiger partial charge >= 0.3 is 5.97 Å². The molecule has 15 heavy (non-hydrogen) atoms. The second kappa shape index (κ2) is 6.95. The maximum Gasteiger partial charge on any atom is 0.304 e. The van der Waals surface area contributed by atoms with E-state index in [4.69, 9.17) is 10.4 Å². The number of nitrogens with zero attached hydrogens (tertiary/aromatic N) is 1. The molecule has 0 spiro atoms. The summed E-state index contributed by atoms with van der Waals surface area (Å²) in [6.07, 6.45) is -0.238. The van der Waals surface area contributed by atoms with Gasteiger partial charge in [-0.3, -0.25) is 13.8 Å². The largest absolute Gasteiger partial charge is 0.481 e. The second-order valence-electron chi connectivity index (χ2n) is 2.87. The summed E-state index contributed by atoms with van der Waals surface area (Å²) < 4.78 is 11.4. The molecule has 0 aromatic rings. The lowest BCUT2D eigenvalue weighted by molar-refractivity contribution is -0.137. The van der Waals surface area contributed by atoms with Gasteiger partial charge in [0.1, 0.15) is 12.3 Å². The van der Waals surface area contributed by atoms with E-state index in [0.717, 1.165) is 0 Å². The number of rotatable bonds is 6. The maximum atomic E-state index is 11.4. The molecule has 2 atom stereocenters. The number of nitriles is 1. The summed E-state index contributed by atoms with van der Waals surface area (Å²) in [6.45, 7) is 1.37. The maximum absolute atomic E-state index is 11.4. The van der Waals surface area contributed by atoms with Gasteiger partial charge in [-0.25, -0.2) is 0 Å². The van der Waals surface area contributed by atoms with E-state index in [1.807, 2.05) is 0 Å². The molecule has 6 nitrogen and oxygen atoms in total. The summed E-state index contributed by atoms with van der Waals surface area (Å²) in [7, 11) is -1.52. The molecule has 2 unspecified atom stereocenters. The molecule has 0 aliphatic carbocycles. The van der Waals surface area contributed by atoms with E-state index in [0.29, 0.717) is 0 Å². The number of carbonyl (C=O) groups excluding carboxylic acids is 1. The zero-order valence-corrected chi connectivity index (χ0v) is 9.04. The molecule has 0 fully saturated rings. The van der Waals surface area contributed by atoms with Crippen LogP contribution in [0.4, 0.5) is 0 Å². The van der Waals surface area contributed by atoms with Gasteiger partial charge in [0.15, 0.2) is 0 Å². The fourth-order valence-electron chi connectivity index (χ4n) is 0.799. The topological polar surface area (TPSA) is 107 Å². The van der Waals surface area contributed by atoms with Crippen molar-refractivity contribution >= 4 is 22.7 Å².